The first-order chi connectivity index (χ1) is 9.42. The van der Waals surface area contributed by atoms with E-state index in [-0.39, 0.29) is 4.90 Å². The largest absolute Gasteiger partial charge is 0.481 e. The van der Waals surface area contributed by atoms with Crippen molar-refractivity contribution >= 4 is 16.0 Å². The molecular formula is C12H19N3O4S. The fraction of sp³-hybridized carbons (Fsp3) is 0.667. The highest BCUT2D eigenvalue weighted by atomic mass is 32.2. The van der Waals surface area contributed by atoms with Crippen molar-refractivity contribution in [1.29, 1.82) is 0 Å². The summed E-state index contributed by atoms with van der Waals surface area (Å²) in [6.45, 7) is 1.61. The molecule has 8 heteroatoms. The smallest absolute Gasteiger partial charge is 0.308 e. The highest BCUT2D eigenvalue weighted by molar-refractivity contribution is 7.89. The van der Waals surface area contributed by atoms with Crippen LogP contribution < -0.4 is 4.72 Å². The normalized spacial score (nSPS) is 24.2. The summed E-state index contributed by atoms with van der Waals surface area (Å²) in [6.07, 6.45) is 4.89. The topological polar surface area (TPSA) is 112 Å². The summed E-state index contributed by atoms with van der Waals surface area (Å²) in [7, 11) is -3.74. The standard InChI is InChI=1S/C12H19N3O4S/c1-8-11(7-13-14-8)20(18,19)15-10-6-4-2-3-5-9(10)12(16)17/h7,9-10,15H,2-6H2,1H3,(H,13,14)(H,16,17). The van der Waals surface area contributed by atoms with Crippen LogP contribution in [0.25, 0.3) is 0 Å². The number of carboxylic acids is 1. The van der Waals surface area contributed by atoms with Crippen LogP contribution in [0.15, 0.2) is 11.1 Å². The minimum atomic E-state index is -3.74. The Labute approximate surface area is 117 Å². The van der Waals surface area contributed by atoms with Crippen molar-refractivity contribution in [3.8, 4) is 0 Å². The number of rotatable bonds is 4. The molecule has 0 bridgehead atoms. The molecule has 0 aliphatic heterocycles. The zero-order valence-electron chi connectivity index (χ0n) is 11.3. The number of aromatic nitrogens is 2. The average molecular weight is 301 g/mol. The number of H-pyrrole nitrogens is 1. The lowest BCUT2D eigenvalue weighted by atomic mass is 9.96. The predicted octanol–water partition coefficient (Wildman–Crippen LogP) is 1.03. The van der Waals surface area contributed by atoms with Crippen molar-refractivity contribution in [2.45, 2.75) is 50.0 Å². The second kappa shape index (κ2) is 5.92. The number of aromatic amines is 1. The van der Waals surface area contributed by atoms with E-state index in [0.29, 0.717) is 18.5 Å². The third kappa shape index (κ3) is 3.18. The summed E-state index contributed by atoms with van der Waals surface area (Å²) in [5.41, 5.74) is 0.443. The van der Waals surface area contributed by atoms with Gasteiger partial charge in [-0.05, 0) is 19.8 Å². The van der Waals surface area contributed by atoms with Gasteiger partial charge in [-0.2, -0.15) is 5.10 Å². The maximum absolute atomic E-state index is 12.3. The first-order valence-electron chi connectivity index (χ1n) is 6.67. The third-order valence-electron chi connectivity index (χ3n) is 3.71. The molecule has 2 unspecified atom stereocenters. The fourth-order valence-corrected chi connectivity index (χ4v) is 4.07. The van der Waals surface area contributed by atoms with Crippen LogP contribution in [0.1, 0.15) is 37.8 Å². The molecule has 2 atom stereocenters. The van der Waals surface area contributed by atoms with E-state index < -0.39 is 28.0 Å². The Kier molecular flexibility index (Phi) is 4.44. The van der Waals surface area contributed by atoms with Crippen LogP contribution in [0.4, 0.5) is 0 Å². The molecule has 0 aromatic carbocycles. The molecule has 1 aromatic rings. The minimum absolute atomic E-state index is 0.0749. The predicted molar refractivity (Wildman–Crippen MR) is 71.6 cm³/mol. The molecule has 0 radical (unpaired) electrons. The fourth-order valence-electron chi connectivity index (χ4n) is 2.62. The van der Waals surface area contributed by atoms with Crippen LogP contribution in [-0.2, 0) is 14.8 Å². The Hall–Kier alpha value is -1.41. The van der Waals surface area contributed by atoms with Crippen molar-refractivity contribution in [3.63, 3.8) is 0 Å². The van der Waals surface area contributed by atoms with Gasteiger partial charge in [0.2, 0.25) is 10.0 Å². The van der Waals surface area contributed by atoms with Crippen molar-refractivity contribution in [3.05, 3.63) is 11.9 Å². The van der Waals surface area contributed by atoms with Crippen LogP contribution >= 0.6 is 0 Å². The van der Waals surface area contributed by atoms with E-state index >= 15 is 0 Å². The minimum Gasteiger partial charge on any atom is -0.481 e. The first kappa shape index (κ1) is 15.0. The van der Waals surface area contributed by atoms with E-state index in [1.807, 2.05) is 0 Å². The molecule has 0 amide bonds. The highest BCUT2D eigenvalue weighted by Crippen LogP contribution is 2.25. The number of nitrogens with zero attached hydrogens (tertiary/aromatic N) is 1. The van der Waals surface area contributed by atoms with Crippen LogP contribution in [0.3, 0.4) is 0 Å². The van der Waals surface area contributed by atoms with Gasteiger partial charge in [-0.25, -0.2) is 13.1 Å². The van der Waals surface area contributed by atoms with E-state index in [1.165, 1.54) is 6.20 Å². The van der Waals surface area contributed by atoms with E-state index in [2.05, 4.69) is 14.9 Å². The summed E-state index contributed by atoms with van der Waals surface area (Å²) >= 11 is 0. The summed E-state index contributed by atoms with van der Waals surface area (Å²) in [4.78, 5) is 11.4. The molecular weight excluding hydrogens is 282 g/mol. The third-order valence-corrected chi connectivity index (χ3v) is 5.32. The number of hydrogen-bond donors (Lipinski definition) is 3. The van der Waals surface area contributed by atoms with Gasteiger partial charge in [0.25, 0.3) is 0 Å². The monoisotopic (exact) mass is 301 g/mol. The second-order valence-electron chi connectivity index (χ2n) is 5.17. The number of carbonyl (C=O) groups is 1. The number of carboxylic acid groups (broad SMARTS) is 1. The Morgan fingerprint density at radius 1 is 1.40 bits per heavy atom. The number of nitrogens with one attached hydrogen (secondary N) is 2. The summed E-state index contributed by atoms with van der Waals surface area (Å²) in [6, 6.07) is -0.561. The van der Waals surface area contributed by atoms with Crippen LogP contribution in [0, 0.1) is 12.8 Å². The van der Waals surface area contributed by atoms with Gasteiger partial charge in [0.05, 0.1) is 17.8 Å². The lowest BCUT2D eigenvalue weighted by Gasteiger charge is -2.22. The molecule has 1 saturated carbocycles. The molecule has 1 fully saturated rings. The molecule has 1 aliphatic carbocycles. The molecule has 20 heavy (non-hydrogen) atoms. The molecule has 1 aliphatic rings. The van der Waals surface area contributed by atoms with E-state index in [4.69, 9.17) is 0 Å². The maximum atomic E-state index is 12.3. The highest BCUT2D eigenvalue weighted by Gasteiger charge is 2.33. The van der Waals surface area contributed by atoms with Gasteiger partial charge in [-0.15, -0.1) is 0 Å². The SMILES string of the molecule is Cc1[nH]ncc1S(=O)(=O)NC1CCCCCC1C(=O)O. The van der Waals surface area contributed by atoms with Crippen molar-refractivity contribution in [1.82, 2.24) is 14.9 Å². The molecule has 0 saturated heterocycles. The van der Waals surface area contributed by atoms with Crippen LogP contribution in [0.2, 0.25) is 0 Å². The van der Waals surface area contributed by atoms with Crippen molar-refractivity contribution < 1.29 is 18.3 Å². The average Bonchev–Trinajstić information content (AvgIpc) is 2.66. The molecule has 112 valence electrons. The summed E-state index contributed by atoms with van der Waals surface area (Å²) < 4.78 is 27.1. The van der Waals surface area contributed by atoms with Gasteiger partial charge in [0, 0.05) is 6.04 Å². The lowest BCUT2D eigenvalue weighted by Crippen LogP contribution is -2.42. The zero-order chi connectivity index (χ0) is 14.8. The second-order valence-corrected chi connectivity index (χ2v) is 6.85. The first-order valence-corrected chi connectivity index (χ1v) is 8.15. The Bertz CT molecular complexity index is 581. The molecule has 0 spiro atoms. The van der Waals surface area contributed by atoms with Gasteiger partial charge in [0.15, 0.2) is 0 Å². The van der Waals surface area contributed by atoms with Gasteiger partial charge in [-0.1, -0.05) is 19.3 Å². The molecule has 3 N–H and O–H groups in total. The van der Waals surface area contributed by atoms with Gasteiger partial charge in [0.1, 0.15) is 4.90 Å². The Balaban J connectivity index is 2.22. The summed E-state index contributed by atoms with van der Waals surface area (Å²) in [5.74, 6) is -1.61. The molecule has 1 aromatic heterocycles. The number of sulfonamides is 1. The lowest BCUT2D eigenvalue weighted by molar-refractivity contribution is -0.142. The summed E-state index contributed by atoms with van der Waals surface area (Å²) in [5, 5.41) is 15.5. The number of aliphatic carboxylic acids is 1. The molecule has 2 rings (SSSR count). The van der Waals surface area contributed by atoms with E-state index in [0.717, 1.165) is 19.3 Å². The molecule has 7 nitrogen and oxygen atoms in total. The maximum Gasteiger partial charge on any atom is 0.308 e. The quantitative estimate of drug-likeness (QED) is 0.719. The van der Waals surface area contributed by atoms with Gasteiger partial charge < -0.3 is 5.11 Å². The van der Waals surface area contributed by atoms with Gasteiger partial charge >= 0.3 is 5.97 Å². The van der Waals surface area contributed by atoms with Crippen molar-refractivity contribution in [2.75, 3.05) is 0 Å². The van der Waals surface area contributed by atoms with E-state index in [1.54, 1.807) is 6.92 Å². The molecule has 1 heterocycles. The number of aryl methyl sites for hydroxylation is 1. The number of hydrogen-bond acceptors (Lipinski definition) is 4. The van der Waals surface area contributed by atoms with Crippen LogP contribution in [0.5, 0.6) is 0 Å². The van der Waals surface area contributed by atoms with Gasteiger partial charge in [-0.3, -0.25) is 9.89 Å². The van der Waals surface area contributed by atoms with Crippen molar-refractivity contribution in [2.24, 2.45) is 5.92 Å². The Morgan fingerprint density at radius 3 is 2.70 bits per heavy atom. The Morgan fingerprint density at radius 2 is 2.10 bits per heavy atom. The zero-order valence-corrected chi connectivity index (χ0v) is 12.1. The van der Waals surface area contributed by atoms with E-state index in [9.17, 15) is 18.3 Å². The van der Waals surface area contributed by atoms with Crippen LogP contribution in [-0.4, -0.2) is 35.7 Å².